The number of rotatable bonds is 8. The van der Waals surface area contributed by atoms with Crippen LogP contribution >= 0.6 is 11.3 Å². The number of hydrazone groups is 1. The molecule has 1 saturated heterocycles. The fourth-order valence-corrected chi connectivity index (χ4v) is 4.77. The van der Waals surface area contributed by atoms with E-state index in [1.807, 2.05) is 0 Å². The van der Waals surface area contributed by atoms with Crippen molar-refractivity contribution >= 4 is 28.9 Å². The highest BCUT2D eigenvalue weighted by Gasteiger charge is 2.30. The number of alkyl halides is 3. The summed E-state index contributed by atoms with van der Waals surface area (Å²) in [5.41, 5.74) is 2.32. The van der Waals surface area contributed by atoms with E-state index < -0.39 is 17.6 Å². The SMILES string of the molecule is CC(=NNC(=O)c1ccc(C(=O)NCCN2CCOCC2)s1)c1nn(C)c(-c2ccc(C(F)(F)F)cc2)c1O. The molecule has 2 amide bonds. The van der Waals surface area contributed by atoms with Gasteiger partial charge in [0.2, 0.25) is 0 Å². The average molecular weight is 565 g/mol. The van der Waals surface area contributed by atoms with Gasteiger partial charge in [0, 0.05) is 38.8 Å². The van der Waals surface area contributed by atoms with Gasteiger partial charge in [-0.25, -0.2) is 5.43 Å². The Morgan fingerprint density at radius 2 is 1.74 bits per heavy atom. The second kappa shape index (κ2) is 12.0. The van der Waals surface area contributed by atoms with Crippen molar-refractivity contribution in [2.45, 2.75) is 13.1 Å². The summed E-state index contributed by atoms with van der Waals surface area (Å²) in [5, 5.41) is 21.8. The maximum absolute atomic E-state index is 12.9. The van der Waals surface area contributed by atoms with E-state index in [1.54, 1.807) is 6.07 Å². The fourth-order valence-electron chi connectivity index (χ4n) is 3.96. The molecule has 3 aromatic rings. The Morgan fingerprint density at radius 1 is 1.10 bits per heavy atom. The number of aryl methyl sites for hydroxylation is 1. The van der Waals surface area contributed by atoms with E-state index in [-0.39, 0.29) is 33.6 Å². The van der Waals surface area contributed by atoms with Crippen LogP contribution in [0.5, 0.6) is 5.75 Å². The summed E-state index contributed by atoms with van der Waals surface area (Å²) in [5.74, 6) is -1.12. The number of thiophene rings is 1. The van der Waals surface area contributed by atoms with Crippen LogP contribution in [0.15, 0.2) is 41.5 Å². The molecular weight excluding hydrogens is 537 g/mol. The van der Waals surface area contributed by atoms with Gasteiger partial charge >= 0.3 is 6.18 Å². The minimum atomic E-state index is -4.48. The number of nitrogens with zero attached hydrogens (tertiary/aromatic N) is 4. The van der Waals surface area contributed by atoms with E-state index in [9.17, 15) is 27.9 Å². The van der Waals surface area contributed by atoms with Crippen molar-refractivity contribution in [2.75, 3.05) is 39.4 Å². The van der Waals surface area contributed by atoms with Gasteiger partial charge in [-0.15, -0.1) is 11.3 Å². The zero-order valence-electron chi connectivity index (χ0n) is 21.2. The van der Waals surface area contributed by atoms with Crippen molar-refractivity contribution in [1.82, 2.24) is 25.4 Å². The van der Waals surface area contributed by atoms with E-state index in [4.69, 9.17) is 4.74 Å². The van der Waals surface area contributed by atoms with Crippen LogP contribution in [0.4, 0.5) is 13.2 Å². The molecule has 0 aliphatic carbocycles. The van der Waals surface area contributed by atoms with Crippen molar-refractivity contribution in [3.05, 3.63) is 57.4 Å². The van der Waals surface area contributed by atoms with Gasteiger partial charge in [0.1, 0.15) is 5.69 Å². The summed E-state index contributed by atoms with van der Waals surface area (Å²) in [7, 11) is 1.53. The molecule has 0 radical (unpaired) electrons. The molecule has 3 N–H and O–H groups in total. The normalized spacial score (nSPS) is 14.8. The predicted octanol–water partition coefficient (Wildman–Crippen LogP) is 3.09. The van der Waals surface area contributed by atoms with Crippen LogP contribution in [0.1, 0.15) is 37.5 Å². The molecule has 10 nitrogen and oxygen atoms in total. The lowest BCUT2D eigenvalue weighted by Crippen LogP contribution is -2.41. The molecule has 208 valence electrons. The molecule has 3 heterocycles. The number of carbonyl (C=O) groups excluding carboxylic acids is 2. The molecule has 0 spiro atoms. The lowest BCUT2D eigenvalue weighted by Gasteiger charge is -2.26. The van der Waals surface area contributed by atoms with Crippen LogP contribution in [0.3, 0.4) is 0 Å². The van der Waals surface area contributed by atoms with Gasteiger partial charge in [-0.1, -0.05) is 12.1 Å². The van der Waals surface area contributed by atoms with Crippen LogP contribution in [-0.2, 0) is 18.0 Å². The number of halogens is 3. The van der Waals surface area contributed by atoms with Crippen molar-refractivity contribution in [2.24, 2.45) is 12.1 Å². The van der Waals surface area contributed by atoms with E-state index >= 15 is 0 Å². The Morgan fingerprint density at radius 3 is 2.38 bits per heavy atom. The molecule has 0 saturated carbocycles. The number of benzene rings is 1. The zero-order chi connectivity index (χ0) is 28.2. The Labute approximate surface area is 226 Å². The Kier molecular flexibility index (Phi) is 8.67. The average Bonchev–Trinajstić information content (AvgIpc) is 3.52. The highest BCUT2D eigenvalue weighted by atomic mass is 32.1. The van der Waals surface area contributed by atoms with Gasteiger partial charge < -0.3 is 15.2 Å². The maximum Gasteiger partial charge on any atom is 0.416 e. The second-order valence-electron chi connectivity index (χ2n) is 8.76. The molecule has 0 bridgehead atoms. The molecule has 2 aromatic heterocycles. The summed E-state index contributed by atoms with van der Waals surface area (Å²) >= 11 is 1.02. The molecule has 14 heteroatoms. The highest BCUT2D eigenvalue weighted by molar-refractivity contribution is 7.15. The predicted molar refractivity (Wildman–Crippen MR) is 139 cm³/mol. The number of carbonyl (C=O) groups is 2. The molecule has 1 aromatic carbocycles. The number of amides is 2. The van der Waals surface area contributed by atoms with E-state index in [2.05, 4.69) is 25.8 Å². The first kappa shape index (κ1) is 28.3. The molecule has 4 rings (SSSR count). The summed E-state index contributed by atoms with van der Waals surface area (Å²) in [4.78, 5) is 27.9. The second-order valence-corrected chi connectivity index (χ2v) is 9.84. The maximum atomic E-state index is 12.9. The first-order valence-corrected chi connectivity index (χ1v) is 12.8. The Balaban J connectivity index is 1.37. The molecule has 1 aliphatic rings. The summed E-state index contributed by atoms with van der Waals surface area (Å²) in [6, 6.07) is 7.39. The van der Waals surface area contributed by atoms with Crippen molar-refractivity contribution < 1.29 is 32.6 Å². The molecular formula is C25H27F3N6O4S. The lowest BCUT2D eigenvalue weighted by molar-refractivity contribution is -0.137. The van der Waals surface area contributed by atoms with Crippen LogP contribution in [0.2, 0.25) is 0 Å². The minimum Gasteiger partial charge on any atom is -0.504 e. The molecule has 1 fully saturated rings. The van der Waals surface area contributed by atoms with Crippen molar-refractivity contribution in [3.63, 3.8) is 0 Å². The third-order valence-corrected chi connectivity index (χ3v) is 7.13. The summed E-state index contributed by atoms with van der Waals surface area (Å²) in [6.45, 7) is 5.71. The van der Waals surface area contributed by atoms with Gasteiger partial charge in [0.05, 0.1) is 34.2 Å². The van der Waals surface area contributed by atoms with Crippen LogP contribution in [-0.4, -0.2) is 76.7 Å². The molecule has 0 atom stereocenters. The van der Waals surface area contributed by atoms with Gasteiger partial charge in [-0.3, -0.25) is 19.2 Å². The van der Waals surface area contributed by atoms with E-state index in [0.29, 0.717) is 36.7 Å². The zero-order valence-corrected chi connectivity index (χ0v) is 22.0. The number of ether oxygens (including phenoxy) is 1. The van der Waals surface area contributed by atoms with Crippen LogP contribution in [0.25, 0.3) is 11.3 Å². The Hall–Kier alpha value is -3.75. The van der Waals surface area contributed by atoms with Crippen LogP contribution < -0.4 is 10.7 Å². The van der Waals surface area contributed by atoms with Crippen molar-refractivity contribution in [3.8, 4) is 17.0 Å². The van der Waals surface area contributed by atoms with Gasteiger partial charge in [-0.2, -0.15) is 23.4 Å². The number of hydrogen-bond acceptors (Lipinski definition) is 8. The quantitative estimate of drug-likeness (QED) is 0.286. The minimum absolute atomic E-state index is 0.0548. The van der Waals surface area contributed by atoms with E-state index in [1.165, 1.54) is 36.9 Å². The fraction of sp³-hybridized carbons (Fsp3) is 0.360. The number of hydrogen-bond donors (Lipinski definition) is 3. The number of morpholine rings is 1. The van der Waals surface area contributed by atoms with Crippen molar-refractivity contribution in [1.29, 1.82) is 0 Å². The number of aromatic hydroxyl groups is 1. The third-order valence-electron chi connectivity index (χ3n) is 6.05. The smallest absolute Gasteiger partial charge is 0.416 e. The topological polar surface area (TPSA) is 121 Å². The largest absolute Gasteiger partial charge is 0.504 e. The first-order chi connectivity index (χ1) is 18.5. The Bertz CT molecular complexity index is 1360. The number of aromatic nitrogens is 2. The first-order valence-electron chi connectivity index (χ1n) is 12.0. The molecule has 39 heavy (non-hydrogen) atoms. The monoisotopic (exact) mass is 564 g/mol. The van der Waals surface area contributed by atoms with Gasteiger partial charge in [0.15, 0.2) is 11.4 Å². The highest BCUT2D eigenvalue weighted by Crippen LogP contribution is 2.35. The lowest BCUT2D eigenvalue weighted by atomic mass is 10.1. The summed E-state index contributed by atoms with van der Waals surface area (Å²) < 4.78 is 45.2. The third kappa shape index (κ3) is 6.82. The van der Waals surface area contributed by atoms with Gasteiger partial charge in [-0.05, 0) is 31.2 Å². The van der Waals surface area contributed by atoms with E-state index in [0.717, 1.165) is 36.6 Å². The standard InChI is InChI=1S/C25H27F3N6O4S/c1-15(20-22(35)21(33(2)32-20)16-3-5-17(6-4-16)25(26,27)28)30-31-24(37)19-8-7-18(39-19)23(36)29-9-10-34-11-13-38-14-12-34/h3-8,35H,9-14H2,1-2H3,(H,29,36)(H,31,37). The van der Waals surface area contributed by atoms with Crippen LogP contribution in [0, 0.1) is 0 Å². The van der Waals surface area contributed by atoms with Gasteiger partial charge in [0.25, 0.3) is 11.8 Å². The summed E-state index contributed by atoms with van der Waals surface area (Å²) in [6.07, 6.45) is -4.48. The number of nitrogens with one attached hydrogen (secondary N) is 2. The molecule has 1 aliphatic heterocycles. The molecule has 0 unspecified atom stereocenters.